The second-order valence-electron chi connectivity index (χ2n) is 5.08. The van der Waals surface area contributed by atoms with Gasteiger partial charge in [0.1, 0.15) is 0 Å². The summed E-state index contributed by atoms with van der Waals surface area (Å²) < 4.78 is 0. The van der Waals surface area contributed by atoms with Gasteiger partial charge in [-0.05, 0) is 47.0 Å². The molecule has 80 valence electrons. The van der Waals surface area contributed by atoms with E-state index in [0.29, 0.717) is 0 Å². The lowest BCUT2D eigenvalue weighted by molar-refractivity contribution is 0.965. The van der Waals surface area contributed by atoms with Gasteiger partial charge in [-0.15, -0.1) is 0 Å². The monoisotopic (exact) mass is 200 g/mol. The molecule has 0 unspecified atom stereocenters. The van der Waals surface area contributed by atoms with Gasteiger partial charge >= 0.3 is 0 Å². The largest absolute Gasteiger partial charge is 0.0690 e. The molecule has 2 rings (SSSR count). The Morgan fingerprint density at radius 1 is 0.800 bits per heavy atom. The molecule has 0 spiro atoms. The summed E-state index contributed by atoms with van der Waals surface area (Å²) in [6.07, 6.45) is 8.25. The minimum Gasteiger partial charge on any atom is -0.0690 e. The summed E-state index contributed by atoms with van der Waals surface area (Å²) >= 11 is 0. The van der Waals surface area contributed by atoms with E-state index >= 15 is 0 Å². The third-order valence-electron chi connectivity index (χ3n) is 3.45. The molecule has 0 saturated heterocycles. The van der Waals surface area contributed by atoms with Crippen molar-refractivity contribution in [3.8, 4) is 0 Å². The van der Waals surface area contributed by atoms with Crippen LogP contribution < -0.4 is 0 Å². The van der Waals surface area contributed by atoms with Crippen LogP contribution >= 0.6 is 0 Å². The maximum absolute atomic E-state index is 2.33. The van der Waals surface area contributed by atoms with Crippen molar-refractivity contribution in [3.63, 3.8) is 0 Å². The van der Waals surface area contributed by atoms with Crippen molar-refractivity contribution in [2.45, 2.75) is 47.0 Å². The fraction of sp³-hybridized carbons (Fsp3) is 0.467. The Bertz CT molecular complexity index is 371. The van der Waals surface area contributed by atoms with Crippen LogP contribution in [-0.2, 0) is 0 Å². The van der Waals surface area contributed by atoms with Crippen molar-refractivity contribution in [1.82, 2.24) is 0 Å². The van der Waals surface area contributed by atoms with E-state index in [1.165, 1.54) is 41.6 Å². The zero-order valence-electron chi connectivity index (χ0n) is 10.3. The summed E-state index contributed by atoms with van der Waals surface area (Å²) in [5.74, 6) is 0. The van der Waals surface area contributed by atoms with Gasteiger partial charge in [0.15, 0.2) is 0 Å². The number of hydrogen-bond donors (Lipinski definition) is 0. The summed E-state index contributed by atoms with van der Waals surface area (Å²) in [5, 5.41) is 0. The molecule has 0 aliphatic heterocycles. The zero-order chi connectivity index (χ0) is 11.0. The van der Waals surface area contributed by atoms with Crippen molar-refractivity contribution in [2.75, 3.05) is 0 Å². The van der Waals surface area contributed by atoms with Gasteiger partial charge in [0, 0.05) is 0 Å². The lowest BCUT2D eigenvalue weighted by Crippen LogP contribution is -1.89. The van der Waals surface area contributed by atoms with Gasteiger partial charge in [0.25, 0.3) is 0 Å². The molecule has 0 atom stereocenters. The Hall–Kier alpha value is -1.04. The topological polar surface area (TPSA) is 0 Å². The van der Waals surface area contributed by atoms with E-state index in [0.717, 1.165) is 0 Å². The van der Waals surface area contributed by atoms with Crippen LogP contribution in [0.3, 0.4) is 0 Å². The molecule has 0 nitrogen and oxygen atoms in total. The van der Waals surface area contributed by atoms with E-state index in [-0.39, 0.29) is 0 Å². The first-order valence-corrected chi connectivity index (χ1v) is 5.78. The summed E-state index contributed by atoms with van der Waals surface area (Å²) in [5.41, 5.74) is 9.29. The van der Waals surface area contributed by atoms with Crippen LogP contribution in [0.5, 0.6) is 0 Å². The van der Waals surface area contributed by atoms with Gasteiger partial charge in [0.2, 0.25) is 0 Å². The molecule has 2 aliphatic carbocycles. The molecule has 0 bridgehead atoms. The summed E-state index contributed by atoms with van der Waals surface area (Å²) in [6, 6.07) is 0. The Kier molecular flexibility index (Phi) is 2.68. The highest BCUT2D eigenvalue weighted by Gasteiger charge is 2.15. The molecule has 0 aromatic heterocycles. The summed E-state index contributed by atoms with van der Waals surface area (Å²) in [7, 11) is 0. The molecule has 0 N–H and O–H groups in total. The molecule has 0 saturated carbocycles. The standard InChI is InChI=1S/C15H20/c1-10-5-12(3)14(7-10)9-15-8-11(2)6-13(15)4/h5-6H,7-9H2,1-4H3. The number of hydrogen-bond acceptors (Lipinski definition) is 0. The average Bonchev–Trinajstić information content (AvgIpc) is 2.58. The first-order valence-electron chi connectivity index (χ1n) is 5.78. The van der Waals surface area contributed by atoms with Crippen molar-refractivity contribution < 1.29 is 0 Å². The predicted molar refractivity (Wildman–Crippen MR) is 66.8 cm³/mol. The van der Waals surface area contributed by atoms with Crippen molar-refractivity contribution in [1.29, 1.82) is 0 Å². The molecule has 0 aromatic rings. The maximum Gasteiger partial charge on any atom is -0.00906 e. The van der Waals surface area contributed by atoms with Crippen LogP contribution in [0, 0.1) is 0 Å². The van der Waals surface area contributed by atoms with Crippen molar-refractivity contribution in [3.05, 3.63) is 45.6 Å². The van der Waals surface area contributed by atoms with Gasteiger partial charge in [-0.1, -0.05) is 45.6 Å². The van der Waals surface area contributed by atoms with Crippen molar-refractivity contribution in [2.24, 2.45) is 0 Å². The van der Waals surface area contributed by atoms with Gasteiger partial charge in [-0.25, -0.2) is 0 Å². The Morgan fingerprint density at radius 3 is 1.47 bits per heavy atom. The highest BCUT2D eigenvalue weighted by atomic mass is 14.2. The first-order chi connectivity index (χ1) is 7.06. The Morgan fingerprint density at radius 2 is 1.20 bits per heavy atom. The van der Waals surface area contributed by atoms with Crippen LogP contribution in [0.2, 0.25) is 0 Å². The highest BCUT2D eigenvalue weighted by Crippen LogP contribution is 2.35. The third-order valence-corrected chi connectivity index (χ3v) is 3.45. The molecule has 0 fully saturated rings. The molecular weight excluding hydrogens is 180 g/mol. The first kappa shape index (κ1) is 10.5. The summed E-state index contributed by atoms with van der Waals surface area (Å²) in [6.45, 7) is 8.96. The molecule has 0 amide bonds. The summed E-state index contributed by atoms with van der Waals surface area (Å²) in [4.78, 5) is 0. The zero-order valence-corrected chi connectivity index (χ0v) is 10.3. The maximum atomic E-state index is 2.33. The quantitative estimate of drug-likeness (QED) is 0.605. The molecule has 0 heteroatoms. The number of allylic oxidation sites excluding steroid dienone is 8. The van der Waals surface area contributed by atoms with Crippen LogP contribution in [0.4, 0.5) is 0 Å². The Balaban J connectivity index is 2.08. The van der Waals surface area contributed by atoms with Gasteiger partial charge in [-0.2, -0.15) is 0 Å². The minimum absolute atomic E-state index is 1.19. The van der Waals surface area contributed by atoms with Gasteiger partial charge in [-0.3, -0.25) is 0 Å². The van der Waals surface area contributed by atoms with E-state index in [1.54, 1.807) is 11.1 Å². The van der Waals surface area contributed by atoms with Crippen LogP contribution in [-0.4, -0.2) is 0 Å². The van der Waals surface area contributed by atoms with Gasteiger partial charge < -0.3 is 0 Å². The normalized spacial score (nSPS) is 21.3. The lowest BCUT2D eigenvalue weighted by Gasteiger charge is -2.08. The molecular formula is C15H20. The minimum atomic E-state index is 1.19. The van der Waals surface area contributed by atoms with Crippen molar-refractivity contribution >= 4 is 0 Å². The number of rotatable bonds is 2. The predicted octanol–water partition coefficient (Wildman–Crippen LogP) is 4.71. The SMILES string of the molecule is CC1=CC(C)=C(CC2=C(C)C=C(C)C2)C1. The Labute approximate surface area is 93.1 Å². The fourth-order valence-electron chi connectivity index (χ4n) is 2.66. The highest BCUT2D eigenvalue weighted by molar-refractivity contribution is 5.44. The molecule has 0 radical (unpaired) electrons. The van der Waals surface area contributed by atoms with Crippen LogP contribution in [0.25, 0.3) is 0 Å². The third kappa shape index (κ3) is 2.14. The van der Waals surface area contributed by atoms with Crippen LogP contribution in [0.1, 0.15) is 47.0 Å². The van der Waals surface area contributed by atoms with Crippen LogP contribution in [0.15, 0.2) is 45.6 Å². The average molecular weight is 200 g/mol. The second-order valence-corrected chi connectivity index (χ2v) is 5.08. The van der Waals surface area contributed by atoms with E-state index in [9.17, 15) is 0 Å². The molecule has 2 aliphatic rings. The molecule has 15 heavy (non-hydrogen) atoms. The molecule has 0 aromatic carbocycles. The van der Waals surface area contributed by atoms with E-state index in [2.05, 4.69) is 39.8 Å². The lowest BCUT2D eigenvalue weighted by atomic mass is 9.97. The second kappa shape index (κ2) is 3.84. The molecule has 0 heterocycles. The van der Waals surface area contributed by atoms with E-state index in [4.69, 9.17) is 0 Å². The van der Waals surface area contributed by atoms with E-state index in [1.807, 2.05) is 0 Å². The fourth-order valence-corrected chi connectivity index (χ4v) is 2.66. The van der Waals surface area contributed by atoms with E-state index < -0.39 is 0 Å². The smallest absolute Gasteiger partial charge is 0.00906 e. The van der Waals surface area contributed by atoms with Gasteiger partial charge in [0.05, 0.1) is 0 Å².